The molecule has 1 atom stereocenters. The Morgan fingerprint density at radius 1 is 1.19 bits per heavy atom. The molecule has 0 fully saturated rings. The molecule has 1 unspecified atom stereocenters. The van der Waals surface area contributed by atoms with E-state index in [1.54, 1.807) is 24.3 Å². The van der Waals surface area contributed by atoms with Gasteiger partial charge in [-0.15, -0.1) is 0 Å². The van der Waals surface area contributed by atoms with Gasteiger partial charge in [0.2, 0.25) is 0 Å². The lowest BCUT2D eigenvalue weighted by Crippen LogP contribution is -2.10. The van der Waals surface area contributed by atoms with Crippen molar-refractivity contribution in [3.8, 4) is 0 Å². The predicted octanol–water partition coefficient (Wildman–Crippen LogP) is 4.47. The summed E-state index contributed by atoms with van der Waals surface area (Å²) in [5, 5.41) is 0. The zero-order valence-corrected chi connectivity index (χ0v) is 14.2. The molecule has 0 aliphatic heterocycles. The third-order valence-electron chi connectivity index (χ3n) is 3.37. The molecule has 0 saturated carbocycles. The fourth-order valence-electron chi connectivity index (χ4n) is 1.93. The first-order valence-corrected chi connectivity index (χ1v) is 8.81. The molecule has 0 spiro atoms. The molecular weight excluding hydrogens is 284 g/mol. The van der Waals surface area contributed by atoms with E-state index in [1.165, 1.54) is 5.57 Å². The van der Waals surface area contributed by atoms with Crippen LogP contribution < -0.4 is 0 Å². The van der Waals surface area contributed by atoms with Crippen molar-refractivity contribution < 1.29 is 12.6 Å². The first-order chi connectivity index (χ1) is 9.81. The molecule has 0 aromatic heterocycles. The van der Waals surface area contributed by atoms with Crippen LogP contribution in [0, 0.1) is 12.8 Å². The SMILES string of the molecule is CC(C)=CCCC(C)CCOS(=O)(=O)c1ccc(C)cc1. The summed E-state index contributed by atoms with van der Waals surface area (Å²) in [4.78, 5) is 0.227. The van der Waals surface area contributed by atoms with E-state index in [2.05, 4.69) is 26.8 Å². The minimum atomic E-state index is -3.62. The Kier molecular flexibility index (Phi) is 7.12. The van der Waals surface area contributed by atoms with Gasteiger partial charge in [-0.3, -0.25) is 4.18 Å². The molecule has 3 nitrogen and oxygen atoms in total. The van der Waals surface area contributed by atoms with Crippen LogP contribution in [0.15, 0.2) is 40.8 Å². The fraction of sp³-hybridized carbons (Fsp3) is 0.529. The molecule has 1 aromatic carbocycles. The van der Waals surface area contributed by atoms with E-state index >= 15 is 0 Å². The van der Waals surface area contributed by atoms with Crippen molar-refractivity contribution in [3.05, 3.63) is 41.5 Å². The lowest BCUT2D eigenvalue weighted by atomic mass is 10.0. The van der Waals surface area contributed by atoms with Gasteiger partial charge in [-0.25, -0.2) is 0 Å². The van der Waals surface area contributed by atoms with Crippen molar-refractivity contribution in [1.82, 2.24) is 0 Å². The lowest BCUT2D eigenvalue weighted by Gasteiger charge is -2.11. The molecule has 0 N–H and O–H groups in total. The van der Waals surface area contributed by atoms with Crippen LogP contribution in [0.3, 0.4) is 0 Å². The predicted molar refractivity (Wildman–Crippen MR) is 86.8 cm³/mol. The number of aryl methyl sites for hydroxylation is 1. The lowest BCUT2D eigenvalue weighted by molar-refractivity contribution is 0.283. The molecule has 0 radical (unpaired) electrons. The van der Waals surface area contributed by atoms with Gasteiger partial charge in [0.15, 0.2) is 0 Å². The third kappa shape index (κ3) is 6.91. The smallest absolute Gasteiger partial charge is 0.266 e. The molecule has 0 bridgehead atoms. The van der Waals surface area contributed by atoms with Gasteiger partial charge in [0, 0.05) is 0 Å². The highest BCUT2D eigenvalue weighted by molar-refractivity contribution is 7.86. The average molecular weight is 310 g/mol. The molecule has 118 valence electrons. The van der Waals surface area contributed by atoms with E-state index in [1.807, 2.05) is 6.92 Å². The van der Waals surface area contributed by atoms with E-state index in [9.17, 15) is 8.42 Å². The van der Waals surface area contributed by atoms with Gasteiger partial charge in [-0.2, -0.15) is 8.42 Å². The van der Waals surface area contributed by atoms with Gasteiger partial charge in [-0.1, -0.05) is 36.3 Å². The maximum Gasteiger partial charge on any atom is 0.296 e. The minimum Gasteiger partial charge on any atom is -0.266 e. The van der Waals surface area contributed by atoms with Crippen LogP contribution in [0.5, 0.6) is 0 Å². The molecular formula is C17H26O3S. The van der Waals surface area contributed by atoms with Crippen LogP contribution in [0.4, 0.5) is 0 Å². The highest BCUT2D eigenvalue weighted by Crippen LogP contribution is 2.16. The summed E-state index contributed by atoms with van der Waals surface area (Å²) in [6.07, 6.45) is 5.05. The summed E-state index contributed by atoms with van der Waals surface area (Å²) < 4.78 is 29.1. The van der Waals surface area contributed by atoms with Crippen molar-refractivity contribution >= 4 is 10.1 Å². The second kappa shape index (κ2) is 8.35. The minimum absolute atomic E-state index is 0.227. The van der Waals surface area contributed by atoms with Gasteiger partial charge >= 0.3 is 0 Å². The van der Waals surface area contributed by atoms with Gasteiger partial charge < -0.3 is 0 Å². The van der Waals surface area contributed by atoms with E-state index in [4.69, 9.17) is 4.18 Å². The van der Waals surface area contributed by atoms with Crippen LogP contribution in [0.25, 0.3) is 0 Å². The molecule has 0 saturated heterocycles. The molecule has 0 heterocycles. The van der Waals surface area contributed by atoms with Crippen molar-refractivity contribution in [3.63, 3.8) is 0 Å². The third-order valence-corrected chi connectivity index (χ3v) is 4.70. The van der Waals surface area contributed by atoms with Gasteiger partial charge in [0.25, 0.3) is 10.1 Å². The van der Waals surface area contributed by atoms with E-state index in [0.717, 1.165) is 24.8 Å². The Bertz CT molecular complexity index is 552. The van der Waals surface area contributed by atoms with Crippen molar-refractivity contribution in [2.24, 2.45) is 5.92 Å². The Morgan fingerprint density at radius 3 is 2.38 bits per heavy atom. The standard InChI is InChI=1S/C17H26O3S/c1-14(2)6-5-7-15(3)12-13-20-21(18,19)17-10-8-16(4)9-11-17/h6,8-11,15H,5,7,12-13H2,1-4H3. The van der Waals surface area contributed by atoms with Crippen LogP contribution in [-0.2, 0) is 14.3 Å². The Morgan fingerprint density at radius 2 is 1.81 bits per heavy atom. The monoisotopic (exact) mass is 310 g/mol. The van der Waals surface area contributed by atoms with E-state index < -0.39 is 10.1 Å². The summed E-state index contributed by atoms with van der Waals surface area (Å²) >= 11 is 0. The zero-order chi connectivity index (χ0) is 15.9. The van der Waals surface area contributed by atoms with Gasteiger partial charge in [0.05, 0.1) is 11.5 Å². The molecule has 21 heavy (non-hydrogen) atoms. The van der Waals surface area contributed by atoms with Crippen molar-refractivity contribution in [2.45, 2.75) is 51.9 Å². The molecule has 4 heteroatoms. The molecule has 0 aliphatic carbocycles. The molecule has 0 aliphatic rings. The normalized spacial score (nSPS) is 13.0. The fourth-order valence-corrected chi connectivity index (χ4v) is 2.85. The maximum atomic E-state index is 12.0. The number of hydrogen-bond acceptors (Lipinski definition) is 3. The average Bonchev–Trinajstić information content (AvgIpc) is 2.38. The summed E-state index contributed by atoms with van der Waals surface area (Å²) in [6, 6.07) is 6.72. The van der Waals surface area contributed by atoms with Crippen LogP contribution in [0.2, 0.25) is 0 Å². The van der Waals surface area contributed by atoms with E-state index in [0.29, 0.717) is 5.92 Å². The van der Waals surface area contributed by atoms with Crippen LogP contribution >= 0.6 is 0 Å². The number of allylic oxidation sites excluding steroid dienone is 2. The Labute approximate surface area is 129 Å². The van der Waals surface area contributed by atoms with Gasteiger partial charge in [-0.05, 0) is 58.1 Å². The summed E-state index contributed by atoms with van der Waals surface area (Å²) in [5.41, 5.74) is 2.35. The number of rotatable bonds is 8. The van der Waals surface area contributed by atoms with Crippen molar-refractivity contribution in [1.29, 1.82) is 0 Å². The summed E-state index contributed by atoms with van der Waals surface area (Å²) in [5.74, 6) is 0.453. The van der Waals surface area contributed by atoms with Gasteiger partial charge in [0.1, 0.15) is 0 Å². The molecule has 0 amide bonds. The number of benzene rings is 1. The maximum absolute atomic E-state index is 12.0. The zero-order valence-electron chi connectivity index (χ0n) is 13.4. The first kappa shape index (κ1) is 17.9. The second-order valence-electron chi connectivity index (χ2n) is 5.84. The Balaban J connectivity index is 2.40. The summed E-state index contributed by atoms with van der Waals surface area (Å²) in [6.45, 7) is 8.46. The number of hydrogen-bond donors (Lipinski definition) is 0. The Hall–Kier alpha value is -1.13. The molecule has 1 aromatic rings. The topological polar surface area (TPSA) is 43.4 Å². The first-order valence-electron chi connectivity index (χ1n) is 7.40. The van der Waals surface area contributed by atoms with E-state index in [-0.39, 0.29) is 11.5 Å². The van der Waals surface area contributed by atoms with Crippen LogP contribution in [-0.4, -0.2) is 15.0 Å². The second-order valence-corrected chi connectivity index (χ2v) is 7.46. The van der Waals surface area contributed by atoms with Crippen molar-refractivity contribution in [2.75, 3.05) is 6.61 Å². The highest BCUT2D eigenvalue weighted by atomic mass is 32.2. The highest BCUT2D eigenvalue weighted by Gasteiger charge is 2.15. The molecule has 1 rings (SSSR count). The summed E-state index contributed by atoms with van der Waals surface area (Å²) in [7, 11) is -3.62. The van der Waals surface area contributed by atoms with Crippen LogP contribution in [0.1, 0.15) is 45.6 Å². The quantitative estimate of drug-likeness (QED) is 0.525. The largest absolute Gasteiger partial charge is 0.296 e.